The minimum Gasteiger partial charge on any atom is -0.459 e. The highest BCUT2D eigenvalue weighted by molar-refractivity contribution is 5.73. The number of carbonyl (C=O) groups is 1. The molecule has 0 radical (unpaired) electrons. The first-order valence-corrected chi connectivity index (χ1v) is 18.3. The summed E-state index contributed by atoms with van der Waals surface area (Å²) in [5.74, 6) is -3.17. The van der Waals surface area contributed by atoms with E-state index in [-0.39, 0.29) is 61.0 Å². The van der Waals surface area contributed by atoms with Crippen LogP contribution >= 0.6 is 0 Å². The van der Waals surface area contributed by atoms with Crippen LogP contribution in [0.2, 0.25) is 0 Å². The number of benzene rings is 1. The number of hydrogen-bond acceptors (Lipinski definition) is 13. The molecule has 9 N–H and O–H groups in total. The number of ether oxygens (including phenoxy) is 1. The molecular weight excluding hydrogens is 711 g/mol. The molecule has 0 spiro atoms. The molecule has 13 nitrogen and oxygen atoms in total. The lowest BCUT2D eigenvalue weighted by Gasteiger charge is -2.43. The van der Waals surface area contributed by atoms with Crippen LogP contribution in [0.5, 0.6) is 0 Å². The first-order valence-electron chi connectivity index (χ1n) is 18.3. The van der Waals surface area contributed by atoms with Crippen LogP contribution in [0.15, 0.2) is 36.5 Å². The number of aliphatic hydroxyl groups is 6. The average molecular weight is 770 g/mol. The number of cyclic esters (lactones) is 1. The maximum atomic E-state index is 13.5. The van der Waals surface area contributed by atoms with Gasteiger partial charge in [0.2, 0.25) is 0 Å². The lowest BCUT2D eigenvalue weighted by Crippen LogP contribution is -2.61. The molecule has 1 aliphatic rings. The lowest BCUT2D eigenvalue weighted by atomic mass is 9.78. The molecule has 0 bridgehead atoms. The Morgan fingerprint density at radius 3 is 2.39 bits per heavy atom. The minimum atomic E-state index is -4.55. The third-order valence-electron chi connectivity index (χ3n) is 10.6. The summed E-state index contributed by atoms with van der Waals surface area (Å²) in [6.07, 6.45) is -8.69. The van der Waals surface area contributed by atoms with Gasteiger partial charge in [0.05, 0.1) is 35.3 Å². The zero-order valence-electron chi connectivity index (χ0n) is 32.0. The Hall–Kier alpha value is -3.22. The van der Waals surface area contributed by atoms with E-state index in [2.05, 4.69) is 15.6 Å². The molecule has 1 aromatic heterocycles. The van der Waals surface area contributed by atoms with Crippen LogP contribution in [-0.4, -0.2) is 114 Å². The van der Waals surface area contributed by atoms with E-state index in [4.69, 9.17) is 10.1 Å². The molecule has 3 rings (SSSR count). The second-order valence-electron chi connectivity index (χ2n) is 15.2. The van der Waals surface area contributed by atoms with E-state index in [1.54, 1.807) is 24.0 Å². The van der Waals surface area contributed by atoms with Crippen molar-refractivity contribution in [2.24, 2.45) is 17.8 Å². The van der Waals surface area contributed by atoms with Gasteiger partial charge in [-0.2, -0.15) is 13.2 Å². The molecule has 2 heterocycles. The quantitative estimate of drug-likeness (QED) is 0.0734. The summed E-state index contributed by atoms with van der Waals surface area (Å²) in [7, 11) is 0. The summed E-state index contributed by atoms with van der Waals surface area (Å²) >= 11 is 0. The molecule has 54 heavy (non-hydrogen) atoms. The molecule has 1 unspecified atom stereocenters. The van der Waals surface area contributed by atoms with E-state index in [0.717, 1.165) is 12.3 Å². The number of carbonyl (C=O) groups excluding carboxylic acids is 1. The molecule has 0 saturated carbocycles. The van der Waals surface area contributed by atoms with Gasteiger partial charge in [0.1, 0.15) is 29.9 Å². The molecule has 0 aliphatic carbocycles. The zero-order valence-corrected chi connectivity index (χ0v) is 32.0. The Morgan fingerprint density at radius 2 is 1.78 bits per heavy atom. The van der Waals surface area contributed by atoms with E-state index < -0.39 is 77.4 Å². The molecule has 2 aromatic rings. The zero-order chi connectivity index (χ0) is 40.8. The number of alkyl halides is 3. The maximum absolute atomic E-state index is 13.5. The van der Waals surface area contributed by atoms with Gasteiger partial charge < -0.3 is 46.1 Å². The molecule has 1 aliphatic heterocycles. The van der Waals surface area contributed by atoms with Crippen molar-refractivity contribution in [1.82, 2.24) is 15.2 Å². The van der Waals surface area contributed by atoms with E-state index in [1.165, 1.54) is 52.9 Å². The predicted octanol–water partition coefficient (Wildman–Crippen LogP) is 3.66. The van der Waals surface area contributed by atoms with Crippen molar-refractivity contribution < 1.29 is 53.3 Å². The molecular formula is C38H58F3N5O8. The van der Waals surface area contributed by atoms with Gasteiger partial charge in [-0.15, -0.1) is 0 Å². The largest absolute Gasteiger partial charge is 0.459 e. The van der Waals surface area contributed by atoms with Crippen LogP contribution in [0.4, 0.5) is 24.7 Å². The standard InChI is InChI=1S/C38H58F3N5O8/c1-8-29-37(7,53)32(49)28(19-42)46(20-21(2)18-36(6,52)31(48)23(4)30(47)24(5)35(51)54-29)17-11-16-44-34(50)25-12-10-15-43-33(25)45-27-14-9-13-26(22(27)3)38(39,40)41/h9-10,12-15,19,21,23-24,28-32,34,42,44,47-50,52-53H,8,11,16-18,20H2,1-7H3,(H,43,45)/t21-,23+,24-,28-,29-,30+,31-,32-,34?,36-,37-/m1/s1. The topological polar surface area (TPSA) is 212 Å². The smallest absolute Gasteiger partial charge is 0.416 e. The first kappa shape index (κ1) is 45.2. The number of hydrogen-bond donors (Lipinski definition) is 9. The van der Waals surface area contributed by atoms with Crippen molar-refractivity contribution in [1.29, 1.82) is 5.41 Å². The minimum absolute atomic E-state index is 0.0332. The summed E-state index contributed by atoms with van der Waals surface area (Å²) in [6, 6.07) is 5.78. The summed E-state index contributed by atoms with van der Waals surface area (Å²) < 4.78 is 46.2. The summed E-state index contributed by atoms with van der Waals surface area (Å²) in [5, 5.41) is 82.1. The number of halogens is 3. The normalized spacial score (nSPS) is 32.9. The molecule has 1 fully saturated rings. The third kappa shape index (κ3) is 10.8. The molecule has 304 valence electrons. The van der Waals surface area contributed by atoms with Gasteiger partial charge in [-0.25, -0.2) is 4.98 Å². The van der Waals surface area contributed by atoms with Gasteiger partial charge in [-0.1, -0.05) is 26.8 Å². The Kier molecular flexibility index (Phi) is 15.6. The monoisotopic (exact) mass is 769 g/mol. The number of esters is 1. The second kappa shape index (κ2) is 18.6. The van der Waals surface area contributed by atoms with Gasteiger partial charge >= 0.3 is 12.1 Å². The van der Waals surface area contributed by atoms with Gasteiger partial charge in [-0.3, -0.25) is 15.0 Å². The van der Waals surface area contributed by atoms with E-state index in [0.29, 0.717) is 6.42 Å². The molecule has 0 amide bonds. The molecule has 1 saturated heterocycles. The summed E-state index contributed by atoms with van der Waals surface area (Å²) in [4.78, 5) is 19.1. The van der Waals surface area contributed by atoms with Crippen molar-refractivity contribution in [2.45, 2.75) is 122 Å². The fourth-order valence-corrected chi connectivity index (χ4v) is 7.38. The van der Waals surface area contributed by atoms with Crippen LogP contribution < -0.4 is 10.6 Å². The highest BCUT2D eigenvalue weighted by Crippen LogP contribution is 2.36. The highest BCUT2D eigenvalue weighted by Gasteiger charge is 2.48. The molecule has 1 aromatic carbocycles. The SMILES string of the molecule is CC[C@H]1OC(=O)[C@H](C)[C@@H](O)[C@H](C)[C@@H](O)[C@](C)(O)C[C@@H](C)CN(CCCNC(O)c2cccnc2Nc2cccc(C(F)(F)F)c2C)[C@H](C=N)[C@@H](O)[C@]1(C)O. The fraction of sp³-hybridized carbons (Fsp3) is 0.658. The number of anilines is 2. The van der Waals surface area contributed by atoms with Crippen molar-refractivity contribution in [3.8, 4) is 0 Å². The number of nitrogens with zero attached hydrogens (tertiary/aromatic N) is 2. The van der Waals surface area contributed by atoms with E-state index in [9.17, 15) is 48.6 Å². The van der Waals surface area contributed by atoms with Gasteiger partial charge in [0.25, 0.3) is 0 Å². The van der Waals surface area contributed by atoms with Crippen molar-refractivity contribution in [2.75, 3.05) is 25.0 Å². The van der Waals surface area contributed by atoms with Crippen LogP contribution in [0.25, 0.3) is 0 Å². The van der Waals surface area contributed by atoms with E-state index in [1.807, 2.05) is 6.92 Å². The Labute approximate surface area is 315 Å². The molecule has 16 heteroatoms. The lowest BCUT2D eigenvalue weighted by molar-refractivity contribution is -0.191. The number of nitrogens with one attached hydrogen (secondary N) is 3. The van der Waals surface area contributed by atoms with E-state index >= 15 is 0 Å². The Morgan fingerprint density at radius 1 is 1.11 bits per heavy atom. The van der Waals surface area contributed by atoms with Gasteiger partial charge in [0, 0.05) is 42.7 Å². The third-order valence-corrected chi connectivity index (χ3v) is 10.6. The van der Waals surface area contributed by atoms with Gasteiger partial charge in [0.15, 0.2) is 0 Å². The average Bonchev–Trinajstić information content (AvgIpc) is 3.10. The molecule has 11 atom stereocenters. The number of aromatic nitrogens is 1. The van der Waals surface area contributed by atoms with Crippen LogP contribution in [-0.2, 0) is 15.7 Å². The fourth-order valence-electron chi connectivity index (χ4n) is 7.38. The Balaban J connectivity index is 1.85. The van der Waals surface area contributed by atoms with Crippen LogP contribution in [0.3, 0.4) is 0 Å². The van der Waals surface area contributed by atoms with Crippen molar-refractivity contribution >= 4 is 23.7 Å². The highest BCUT2D eigenvalue weighted by atomic mass is 19.4. The first-order chi connectivity index (χ1) is 25.1. The maximum Gasteiger partial charge on any atom is 0.416 e. The number of aliphatic hydroxyl groups excluding tert-OH is 4. The summed E-state index contributed by atoms with van der Waals surface area (Å²) in [5.41, 5.74) is -4.15. The summed E-state index contributed by atoms with van der Waals surface area (Å²) in [6.45, 7) is 11.0. The van der Waals surface area contributed by atoms with Gasteiger partial charge in [-0.05, 0) is 89.2 Å². The number of rotatable bonds is 10. The van der Waals surface area contributed by atoms with Crippen molar-refractivity contribution in [3.05, 3.63) is 53.2 Å². The number of pyridine rings is 1. The predicted molar refractivity (Wildman–Crippen MR) is 197 cm³/mol. The Bertz CT molecular complexity index is 1550. The van der Waals surface area contributed by atoms with Crippen LogP contribution in [0.1, 0.15) is 83.7 Å². The second-order valence-corrected chi connectivity index (χ2v) is 15.2. The van der Waals surface area contributed by atoms with Crippen LogP contribution in [0, 0.1) is 30.1 Å². The van der Waals surface area contributed by atoms with Crippen molar-refractivity contribution in [3.63, 3.8) is 0 Å².